The molecule has 0 saturated carbocycles. The summed E-state index contributed by atoms with van der Waals surface area (Å²) in [5, 5.41) is 0.760. The maximum absolute atomic E-state index is 6.15. The van der Waals surface area contributed by atoms with Crippen molar-refractivity contribution in [3.05, 3.63) is 52.7 Å². The van der Waals surface area contributed by atoms with Crippen LogP contribution >= 0.6 is 11.6 Å². The average Bonchev–Trinajstić information content (AvgIpc) is 2.35. The van der Waals surface area contributed by atoms with Gasteiger partial charge in [-0.3, -0.25) is 0 Å². The monoisotopic (exact) mass is 261 g/mol. The van der Waals surface area contributed by atoms with Gasteiger partial charge in [-0.15, -0.1) is 0 Å². The SMILES string of the molecule is Cc1ccc(N)c(N(C)Cc2ccccc2Cl)n1. The van der Waals surface area contributed by atoms with Gasteiger partial charge >= 0.3 is 0 Å². The van der Waals surface area contributed by atoms with E-state index in [1.165, 1.54) is 0 Å². The molecular formula is C14H16ClN3. The molecule has 2 N–H and O–H groups in total. The zero-order chi connectivity index (χ0) is 13.1. The second kappa shape index (κ2) is 5.27. The number of nitrogen functional groups attached to an aromatic ring is 1. The third-order valence-electron chi connectivity index (χ3n) is 2.77. The van der Waals surface area contributed by atoms with E-state index < -0.39 is 0 Å². The number of aromatic nitrogens is 1. The molecule has 0 aliphatic rings. The number of benzene rings is 1. The second-order valence-corrected chi connectivity index (χ2v) is 4.72. The van der Waals surface area contributed by atoms with Gasteiger partial charge in [-0.1, -0.05) is 29.8 Å². The van der Waals surface area contributed by atoms with Gasteiger partial charge in [-0.2, -0.15) is 0 Å². The molecule has 2 aromatic rings. The van der Waals surface area contributed by atoms with Crippen molar-refractivity contribution in [3.63, 3.8) is 0 Å². The van der Waals surface area contributed by atoms with Crippen LogP contribution in [-0.4, -0.2) is 12.0 Å². The maximum atomic E-state index is 6.15. The molecule has 1 aromatic carbocycles. The van der Waals surface area contributed by atoms with Crippen molar-refractivity contribution in [1.29, 1.82) is 0 Å². The van der Waals surface area contributed by atoms with Gasteiger partial charge in [0.2, 0.25) is 0 Å². The van der Waals surface area contributed by atoms with Crippen molar-refractivity contribution < 1.29 is 0 Å². The van der Waals surface area contributed by atoms with Crippen LogP contribution in [0.15, 0.2) is 36.4 Å². The predicted molar refractivity (Wildman–Crippen MR) is 76.9 cm³/mol. The molecule has 1 aromatic heterocycles. The van der Waals surface area contributed by atoms with E-state index in [1.807, 2.05) is 55.3 Å². The smallest absolute Gasteiger partial charge is 0.152 e. The first kappa shape index (κ1) is 12.7. The molecule has 0 saturated heterocycles. The van der Waals surface area contributed by atoms with Crippen molar-refractivity contribution in [2.24, 2.45) is 0 Å². The summed E-state index contributed by atoms with van der Waals surface area (Å²) in [6.07, 6.45) is 0. The van der Waals surface area contributed by atoms with Gasteiger partial charge in [0.15, 0.2) is 5.82 Å². The fourth-order valence-corrected chi connectivity index (χ4v) is 2.01. The summed E-state index contributed by atoms with van der Waals surface area (Å²) in [6, 6.07) is 11.6. The molecule has 3 nitrogen and oxygen atoms in total. The Kier molecular flexibility index (Phi) is 3.72. The summed E-state index contributed by atoms with van der Waals surface area (Å²) in [4.78, 5) is 6.46. The molecule has 0 amide bonds. The third-order valence-corrected chi connectivity index (χ3v) is 3.14. The van der Waals surface area contributed by atoms with Gasteiger partial charge in [0.1, 0.15) is 0 Å². The Bertz CT molecular complexity index is 554. The van der Waals surface area contributed by atoms with Crippen LogP contribution in [0.3, 0.4) is 0 Å². The largest absolute Gasteiger partial charge is 0.396 e. The van der Waals surface area contributed by atoms with E-state index in [2.05, 4.69) is 4.98 Å². The number of halogens is 1. The molecule has 4 heteroatoms. The molecule has 0 unspecified atom stereocenters. The number of nitrogens with zero attached hydrogens (tertiary/aromatic N) is 2. The standard InChI is InChI=1S/C14H16ClN3/c1-10-7-8-13(16)14(17-10)18(2)9-11-5-3-4-6-12(11)15/h3-8H,9,16H2,1-2H3. The highest BCUT2D eigenvalue weighted by atomic mass is 35.5. The molecule has 0 aliphatic carbocycles. The van der Waals surface area contributed by atoms with E-state index in [-0.39, 0.29) is 0 Å². The summed E-state index contributed by atoms with van der Waals surface area (Å²) < 4.78 is 0. The number of aryl methyl sites for hydroxylation is 1. The molecule has 0 atom stereocenters. The first-order valence-corrected chi connectivity index (χ1v) is 6.13. The van der Waals surface area contributed by atoms with Crippen molar-refractivity contribution in [2.75, 3.05) is 17.7 Å². The summed E-state index contributed by atoms with van der Waals surface area (Å²) in [5.41, 5.74) is 8.63. The summed E-state index contributed by atoms with van der Waals surface area (Å²) in [5.74, 6) is 0.787. The zero-order valence-electron chi connectivity index (χ0n) is 10.5. The van der Waals surface area contributed by atoms with Crippen LogP contribution in [0.2, 0.25) is 5.02 Å². The van der Waals surface area contributed by atoms with Crippen LogP contribution in [0.5, 0.6) is 0 Å². The van der Waals surface area contributed by atoms with E-state index in [1.54, 1.807) is 0 Å². The molecule has 0 fully saturated rings. The lowest BCUT2D eigenvalue weighted by Gasteiger charge is -2.20. The number of hydrogen-bond donors (Lipinski definition) is 1. The van der Waals surface area contributed by atoms with Crippen LogP contribution in [0.4, 0.5) is 11.5 Å². The Balaban J connectivity index is 2.25. The Labute approximate surface area is 112 Å². The van der Waals surface area contributed by atoms with Crippen molar-refractivity contribution in [2.45, 2.75) is 13.5 Å². The zero-order valence-corrected chi connectivity index (χ0v) is 11.3. The third kappa shape index (κ3) is 2.74. The van der Waals surface area contributed by atoms with Gasteiger partial charge in [0.25, 0.3) is 0 Å². The minimum absolute atomic E-state index is 0.676. The van der Waals surface area contributed by atoms with Crippen molar-refractivity contribution in [1.82, 2.24) is 4.98 Å². The molecule has 1 heterocycles. The Morgan fingerprint density at radius 3 is 2.67 bits per heavy atom. The summed E-state index contributed by atoms with van der Waals surface area (Å²) >= 11 is 6.15. The molecule has 0 spiro atoms. The lowest BCUT2D eigenvalue weighted by Crippen LogP contribution is -2.19. The van der Waals surface area contributed by atoms with Gasteiger partial charge < -0.3 is 10.6 Å². The topological polar surface area (TPSA) is 42.1 Å². The molecule has 0 bridgehead atoms. The number of hydrogen-bond acceptors (Lipinski definition) is 3. The Hall–Kier alpha value is -1.74. The Morgan fingerprint density at radius 1 is 1.22 bits per heavy atom. The highest BCUT2D eigenvalue weighted by Gasteiger charge is 2.09. The van der Waals surface area contributed by atoms with Gasteiger partial charge in [0, 0.05) is 24.3 Å². The van der Waals surface area contributed by atoms with Gasteiger partial charge in [-0.05, 0) is 30.7 Å². The Morgan fingerprint density at radius 2 is 1.94 bits per heavy atom. The maximum Gasteiger partial charge on any atom is 0.152 e. The van der Waals surface area contributed by atoms with E-state index in [9.17, 15) is 0 Å². The first-order valence-electron chi connectivity index (χ1n) is 5.75. The molecular weight excluding hydrogens is 246 g/mol. The first-order chi connectivity index (χ1) is 8.58. The fourth-order valence-electron chi connectivity index (χ4n) is 1.82. The van der Waals surface area contributed by atoms with Crippen molar-refractivity contribution >= 4 is 23.1 Å². The van der Waals surface area contributed by atoms with E-state index in [0.717, 1.165) is 22.1 Å². The minimum atomic E-state index is 0.676. The second-order valence-electron chi connectivity index (χ2n) is 4.31. The van der Waals surface area contributed by atoms with E-state index in [0.29, 0.717) is 12.2 Å². The van der Waals surface area contributed by atoms with Crippen LogP contribution in [0.1, 0.15) is 11.3 Å². The van der Waals surface area contributed by atoms with Gasteiger partial charge in [0.05, 0.1) is 5.69 Å². The van der Waals surface area contributed by atoms with Crippen LogP contribution in [0, 0.1) is 6.92 Å². The molecule has 0 aliphatic heterocycles. The van der Waals surface area contributed by atoms with E-state index in [4.69, 9.17) is 17.3 Å². The quantitative estimate of drug-likeness (QED) is 0.922. The molecule has 18 heavy (non-hydrogen) atoms. The van der Waals surface area contributed by atoms with Crippen LogP contribution in [0.25, 0.3) is 0 Å². The lowest BCUT2D eigenvalue weighted by atomic mass is 10.2. The summed E-state index contributed by atoms with van der Waals surface area (Å²) in [7, 11) is 1.96. The van der Waals surface area contributed by atoms with Crippen LogP contribution < -0.4 is 10.6 Å². The molecule has 0 radical (unpaired) electrons. The number of rotatable bonds is 3. The molecule has 2 rings (SSSR count). The molecule has 94 valence electrons. The normalized spacial score (nSPS) is 10.4. The predicted octanol–water partition coefficient (Wildman–Crippen LogP) is 3.26. The number of pyridine rings is 1. The number of nitrogens with two attached hydrogens (primary N) is 1. The number of anilines is 2. The lowest BCUT2D eigenvalue weighted by molar-refractivity contribution is 0.895. The fraction of sp³-hybridized carbons (Fsp3) is 0.214. The van der Waals surface area contributed by atoms with Crippen molar-refractivity contribution in [3.8, 4) is 0 Å². The highest BCUT2D eigenvalue weighted by Crippen LogP contribution is 2.23. The minimum Gasteiger partial charge on any atom is -0.396 e. The average molecular weight is 262 g/mol. The van der Waals surface area contributed by atoms with Crippen LogP contribution in [-0.2, 0) is 6.54 Å². The van der Waals surface area contributed by atoms with E-state index >= 15 is 0 Å². The van der Waals surface area contributed by atoms with Gasteiger partial charge in [-0.25, -0.2) is 4.98 Å². The summed E-state index contributed by atoms with van der Waals surface area (Å²) in [6.45, 7) is 2.63. The highest BCUT2D eigenvalue weighted by molar-refractivity contribution is 6.31.